The number of hydrogen-bond donors (Lipinski definition) is 1. The lowest BCUT2D eigenvalue weighted by Crippen LogP contribution is -2.39. The van der Waals surface area contributed by atoms with Gasteiger partial charge in [0.05, 0.1) is 11.7 Å². The summed E-state index contributed by atoms with van der Waals surface area (Å²) in [6.45, 7) is 0.763. The molecule has 2 unspecified atom stereocenters. The third-order valence-electron chi connectivity index (χ3n) is 3.63. The van der Waals surface area contributed by atoms with Crippen molar-refractivity contribution in [3.8, 4) is 0 Å². The smallest absolute Gasteiger partial charge is 0.124 e. The number of nitrogens with one attached hydrogen (secondary N) is 1. The largest absolute Gasteiger partial charge is 0.364 e. The maximum Gasteiger partial charge on any atom is 0.124 e. The van der Waals surface area contributed by atoms with Gasteiger partial charge in [-0.3, -0.25) is 4.68 Å². The zero-order valence-corrected chi connectivity index (χ0v) is 10.3. The Labute approximate surface area is 106 Å². The highest BCUT2D eigenvalue weighted by Crippen LogP contribution is 2.28. The van der Waals surface area contributed by atoms with E-state index in [0.29, 0.717) is 12.1 Å². The van der Waals surface area contributed by atoms with Crippen molar-refractivity contribution in [2.24, 2.45) is 0 Å². The van der Waals surface area contributed by atoms with Gasteiger partial charge < -0.3 is 9.84 Å². The van der Waals surface area contributed by atoms with Gasteiger partial charge >= 0.3 is 0 Å². The second-order valence-electron chi connectivity index (χ2n) is 4.82. The van der Waals surface area contributed by atoms with Crippen LogP contribution in [-0.2, 0) is 6.54 Å². The van der Waals surface area contributed by atoms with Gasteiger partial charge in [-0.05, 0) is 18.9 Å². The van der Waals surface area contributed by atoms with Gasteiger partial charge in [0.25, 0.3) is 0 Å². The zero-order valence-electron chi connectivity index (χ0n) is 10.3. The Hall–Kier alpha value is -1.62. The minimum atomic E-state index is 0.459. The molecule has 96 valence electrons. The molecule has 3 rings (SSSR count). The first-order valence-corrected chi connectivity index (χ1v) is 6.55. The van der Waals surface area contributed by atoms with Crippen molar-refractivity contribution in [1.82, 2.24) is 20.3 Å². The molecule has 1 N–H and O–H groups in total. The molecule has 2 aromatic rings. The Morgan fingerprint density at radius 1 is 1.39 bits per heavy atom. The summed E-state index contributed by atoms with van der Waals surface area (Å²) >= 11 is 0. The van der Waals surface area contributed by atoms with E-state index in [0.717, 1.165) is 12.2 Å². The SMILES string of the molecule is c1cnn(C2CCCCC2NCc2ccon2)c1. The van der Waals surface area contributed by atoms with Gasteiger partial charge in [0, 0.05) is 31.0 Å². The van der Waals surface area contributed by atoms with Gasteiger partial charge in [-0.25, -0.2) is 0 Å². The highest BCUT2D eigenvalue weighted by Gasteiger charge is 2.26. The minimum absolute atomic E-state index is 0.459. The van der Waals surface area contributed by atoms with Crippen LogP contribution in [0.4, 0.5) is 0 Å². The van der Waals surface area contributed by atoms with Gasteiger partial charge in [-0.15, -0.1) is 0 Å². The zero-order chi connectivity index (χ0) is 12.2. The number of aromatic nitrogens is 3. The van der Waals surface area contributed by atoms with E-state index in [4.69, 9.17) is 4.52 Å². The fourth-order valence-electron chi connectivity index (χ4n) is 2.71. The average molecular weight is 246 g/mol. The summed E-state index contributed by atoms with van der Waals surface area (Å²) in [5, 5.41) is 11.9. The van der Waals surface area contributed by atoms with Gasteiger partial charge in [0.2, 0.25) is 0 Å². The molecule has 1 saturated carbocycles. The van der Waals surface area contributed by atoms with Gasteiger partial charge in [0.15, 0.2) is 0 Å². The van der Waals surface area contributed by atoms with Crippen molar-refractivity contribution in [3.63, 3.8) is 0 Å². The first kappa shape index (κ1) is 11.5. The molecule has 0 spiro atoms. The molecule has 0 amide bonds. The van der Waals surface area contributed by atoms with E-state index in [1.807, 2.05) is 18.3 Å². The molecule has 0 bridgehead atoms. The van der Waals surface area contributed by atoms with E-state index in [1.165, 1.54) is 25.7 Å². The molecule has 0 aromatic carbocycles. The Kier molecular flexibility index (Phi) is 3.41. The molecule has 1 fully saturated rings. The average Bonchev–Trinajstić information content (AvgIpc) is 3.10. The van der Waals surface area contributed by atoms with Crippen LogP contribution in [-0.4, -0.2) is 21.0 Å². The lowest BCUT2D eigenvalue weighted by Gasteiger charge is -2.32. The van der Waals surface area contributed by atoms with E-state index >= 15 is 0 Å². The summed E-state index contributed by atoms with van der Waals surface area (Å²) in [5.41, 5.74) is 0.958. The maximum atomic E-state index is 4.85. The molecule has 2 aromatic heterocycles. The molecule has 0 saturated heterocycles. The molecule has 1 aliphatic rings. The second-order valence-corrected chi connectivity index (χ2v) is 4.82. The summed E-state index contributed by atoms with van der Waals surface area (Å²) in [6, 6.07) is 4.82. The minimum Gasteiger partial charge on any atom is -0.364 e. The highest BCUT2D eigenvalue weighted by atomic mass is 16.5. The molecule has 2 heterocycles. The van der Waals surface area contributed by atoms with Crippen LogP contribution in [0.3, 0.4) is 0 Å². The fourth-order valence-corrected chi connectivity index (χ4v) is 2.71. The molecule has 1 aliphatic carbocycles. The third-order valence-corrected chi connectivity index (χ3v) is 3.63. The lowest BCUT2D eigenvalue weighted by molar-refractivity contribution is 0.244. The van der Waals surface area contributed by atoms with Crippen molar-refractivity contribution in [3.05, 3.63) is 36.5 Å². The van der Waals surface area contributed by atoms with Crippen molar-refractivity contribution >= 4 is 0 Å². The van der Waals surface area contributed by atoms with E-state index in [-0.39, 0.29) is 0 Å². The molecule has 0 aliphatic heterocycles. The molecular formula is C13H18N4O. The van der Waals surface area contributed by atoms with Gasteiger partial charge in [-0.1, -0.05) is 18.0 Å². The van der Waals surface area contributed by atoms with E-state index in [1.54, 1.807) is 6.26 Å². The van der Waals surface area contributed by atoms with Crippen LogP contribution in [0.1, 0.15) is 37.4 Å². The summed E-state index contributed by atoms with van der Waals surface area (Å²) < 4.78 is 6.93. The maximum absolute atomic E-state index is 4.85. The molecule has 5 heteroatoms. The van der Waals surface area contributed by atoms with Crippen LogP contribution in [0.25, 0.3) is 0 Å². The van der Waals surface area contributed by atoms with Crippen molar-refractivity contribution in [2.75, 3.05) is 0 Å². The first-order valence-electron chi connectivity index (χ1n) is 6.55. The van der Waals surface area contributed by atoms with Gasteiger partial charge in [0.1, 0.15) is 6.26 Å². The van der Waals surface area contributed by atoms with E-state index in [2.05, 4.69) is 26.5 Å². The summed E-state index contributed by atoms with van der Waals surface area (Å²) in [6.07, 6.45) is 10.5. The Balaban J connectivity index is 1.65. The Morgan fingerprint density at radius 3 is 3.11 bits per heavy atom. The predicted octanol–water partition coefficient (Wildman–Crippen LogP) is 2.14. The third kappa shape index (κ3) is 2.46. The Bertz CT molecular complexity index is 451. The van der Waals surface area contributed by atoms with Crippen LogP contribution in [0, 0.1) is 0 Å². The highest BCUT2D eigenvalue weighted by molar-refractivity contribution is 4.96. The van der Waals surface area contributed by atoms with Crippen LogP contribution in [0.5, 0.6) is 0 Å². The van der Waals surface area contributed by atoms with Crippen LogP contribution < -0.4 is 5.32 Å². The van der Waals surface area contributed by atoms with Crippen LogP contribution in [0.2, 0.25) is 0 Å². The molecule has 18 heavy (non-hydrogen) atoms. The predicted molar refractivity (Wildman–Crippen MR) is 66.9 cm³/mol. The number of nitrogens with zero attached hydrogens (tertiary/aromatic N) is 3. The second kappa shape index (κ2) is 5.35. The summed E-state index contributed by atoms with van der Waals surface area (Å²) in [4.78, 5) is 0. The fraction of sp³-hybridized carbons (Fsp3) is 0.538. The van der Waals surface area contributed by atoms with Crippen LogP contribution >= 0.6 is 0 Å². The standard InChI is InChI=1S/C13H18N4O/c1-2-5-13(17-8-3-7-15-17)12(4-1)14-10-11-6-9-18-16-11/h3,6-9,12-14H,1-2,4-5,10H2. The quantitative estimate of drug-likeness (QED) is 0.898. The molecular weight excluding hydrogens is 228 g/mol. The normalized spacial score (nSPS) is 24.2. The topological polar surface area (TPSA) is 55.9 Å². The summed E-state index contributed by atoms with van der Waals surface area (Å²) in [7, 11) is 0. The van der Waals surface area contributed by atoms with E-state index < -0.39 is 0 Å². The molecule has 2 atom stereocenters. The summed E-state index contributed by atoms with van der Waals surface area (Å²) in [5.74, 6) is 0. The van der Waals surface area contributed by atoms with Crippen molar-refractivity contribution in [2.45, 2.75) is 44.3 Å². The molecule has 0 radical (unpaired) electrons. The number of hydrogen-bond acceptors (Lipinski definition) is 4. The monoisotopic (exact) mass is 246 g/mol. The molecule has 5 nitrogen and oxygen atoms in total. The van der Waals surface area contributed by atoms with Crippen molar-refractivity contribution in [1.29, 1.82) is 0 Å². The van der Waals surface area contributed by atoms with Gasteiger partial charge in [-0.2, -0.15) is 5.10 Å². The first-order chi connectivity index (χ1) is 8.93. The lowest BCUT2D eigenvalue weighted by atomic mass is 9.90. The van der Waals surface area contributed by atoms with E-state index in [9.17, 15) is 0 Å². The van der Waals surface area contributed by atoms with Crippen molar-refractivity contribution < 1.29 is 4.52 Å². The number of rotatable bonds is 4. The van der Waals surface area contributed by atoms with Crippen LogP contribution in [0.15, 0.2) is 35.3 Å². The Morgan fingerprint density at radius 2 is 2.33 bits per heavy atom.